The van der Waals surface area contributed by atoms with Gasteiger partial charge in [0.05, 0.1) is 12.8 Å². The summed E-state index contributed by atoms with van der Waals surface area (Å²) < 4.78 is 17.4. The zero-order chi connectivity index (χ0) is 20.8. The van der Waals surface area contributed by atoms with Crippen molar-refractivity contribution in [2.24, 2.45) is 0 Å². The summed E-state index contributed by atoms with van der Waals surface area (Å²) in [7, 11) is 0. The Morgan fingerprint density at radius 2 is 1.63 bits per heavy atom. The van der Waals surface area contributed by atoms with Crippen LogP contribution in [0, 0.1) is 6.92 Å². The molecule has 30 heavy (non-hydrogen) atoms. The molecule has 0 unspecified atom stereocenters. The van der Waals surface area contributed by atoms with E-state index in [1.165, 1.54) is 0 Å². The Morgan fingerprint density at radius 3 is 2.40 bits per heavy atom. The molecule has 2 aromatic heterocycles. The fourth-order valence-corrected chi connectivity index (χ4v) is 2.90. The van der Waals surface area contributed by atoms with Gasteiger partial charge in [-0.2, -0.15) is 0 Å². The molecule has 4 aromatic rings. The SMILES string of the molecule is Cc1oc(-c2ccccc2)nc1COc1ccc(COc2cncc(CO)c2)cc1. The van der Waals surface area contributed by atoms with E-state index in [1.54, 1.807) is 18.5 Å². The Kier molecular flexibility index (Phi) is 6.06. The third-order valence-corrected chi connectivity index (χ3v) is 4.57. The molecule has 0 aliphatic heterocycles. The quantitative estimate of drug-likeness (QED) is 0.460. The van der Waals surface area contributed by atoms with Gasteiger partial charge < -0.3 is 19.0 Å². The Labute approximate surface area is 174 Å². The van der Waals surface area contributed by atoms with Gasteiger partial charge in [-0.15, -0.1) is 0 Å². The Morgan fingerprint density at radius 1 is 0.867 bits per heavy atom. The average molecular weight is 402 g/mol. The number of aromatic nitrogens is 2. The van der Waals surface area contributed by atoms with Crippen LogP contribution >= 0.6 is 0 Å². The topological polar surface area (TPSA) is 77.6 Å². The van der Waals surface area contributed by atoms with Gasteiger partial charge in [-0.05, 0) is 48.4 Å². The van der Waals surface area contributed by atoms with Gasteiger partial charge in [-0.3, -0.25) is 4.98 Å². The lowest BCUT2D eigenvalue weighted by atomic mass is 10.2. The van der Waals surface area contributed by atoms with Crippen LogP contribution in [0.3, 0.4) is 0 Å². The molecule has 2 aromatic carbocycles. The van der Waals surface area contributed by atoms with Crippen LogP contribution in [-0.4, -0.2) is 15.1 Å². The van der Waals surface area contributed by atoms with Crippen LogP contribution in [0.2, 0.25) is 0 Å². The summed E-state index contributed by atoms with van der Waals surface area (Å²) in [4.78, 5) is 8.60. The smallest absolute Gasteiger partial charge is 0.226 e. The Hall–Kier alpha value is -3.64. The van der Waals surface area contributed by atoms with E-state index in [4.69, 9.17) is 19.0 Å². The molecule has 0 fully saturated rings. The van der Waals surface area contributed by atoms with E-state index in [-0.39, 0.29) is 6.61 Å². The maximum atomic E-state index is 9.17. The van der Waals surface area contributed by atoms with E-state index in [0.717, 1.165) is 33.9 Å². The number of aliphatic hydroxyl groups excluding tert-OH is 1. The lowest BCUT2D eigenvalue weighted by molar-refractivity contribution is 0.276. The maximum absolute atomic E-state index is 9.17. The highest BCUT2D eigenvalue weighted by atomic mass is 16.5. The van der Waals surface area contributed by atoms with Gasteiger partial charge in [0.25, 0.3) is 0 Å². The highest BCUT2D eigenvalue weighted by Crippen LogP contribution is 2.23. The maximum Gasteiger partial charge on any atom is 0.226 e. The highest BCUT2D eigenvalue weighted by molar-refractivity contribution is 5.53. The summed E-state index contributed by atoms with van der Waals surface area (Å²) in [6, 6.07) is 19.3. The minimum Gasteiger partial charge on any atom is -0.487 e. The number of aryl methyl sites for hydroxylation is 1. The van der Waals surface area contributed by atoms with Crippen LogP contribution in [-0.2, 0) is 19.8 Å². The predicted molar refractivity (Wildman–Crippen MR) is 112 cm³/mol. The van der Waals surface area contributed by atoms with Crippen molar-refractivity contribution in [1.82, 2.24) is 9.97 Å². The van der Waals surface area contributed by atoms with Crippen molar-refractivity contribution < 1.29 is 19.0 Å². The van der Waals surface area contributed by atoms with Crippen LogP contribution in [0.15, 0.2) is 77.5 Å². The number of oxazole rings is 1. The average Bonchev–Trinajstić information content (AvgIpc) is 3.18. The second-order valence-corrected chi connectivity index (χ2v) is 6.80. The zero-order valence-corrected chi connectivity index (χ0v) is 16.6. The van der Waals surface area contributed by atoms with Crippen LogP contribution in [0.25, 0.3) is 11.5 Å². The molecule has 0 radical (unpaired) electrons. The van der Waals surface area contributed by atoms with Crippen LogP contribution in [0.1, 0.15) is 22.6 Å². The molecule has 0 saturated heterocycles. The molecule has 2 heterocycles. The minimum atomic E-state index is -0.0614. The second-order valence-electron chi connectivity index (χ2n) is 6.80. The number of aliphatic hydroxyl groups is 1. The molecular weight excluding hydrogens is 380 g/mol. The number of rotatable bonds is 8. The van der Waals surface area contributed by atoms with E-state index in [9.17, 15) is 0 Å². The number of ether oxygens (including phenoxy) is 2. The number of hydrogen-bond acceptors (Lipinski definition) is 6. The van der Waals surface area contributed by atoms with Gasteiger partial charge in [0.2, 0.25) is 5.89 Å². The molecular formula is C24H22N2O4. The summed E-state index contributed by atoms with van der Waals surface area (Å²) in [5.74, 6) is 2.71. The van der Waals surface area contributed by atoms with Gasteiger partial charge in [-0.1, -0.05) is 30.3 Å². The van der Waals surface area contributed by atoms with Gasteiger partial charge in [0.15, 0.2) is 0 Å². The lowest BCUT2D eigenvalue weighted by Gasteiger charge is -2.08. The molecule has 1 N–H and O–H groups in total. The molecule has 0 spiro atoms. The van der Waals surface area contributed by atoms with Crippen molar-refractivity contribution in [2.75, 3.05) is 0 Å². The molecule has 0 saturated carbocycles. The third kappa shape index (κ3) is 4.85. The normalized spacial score (nSPS) is 10.7. The van der Waals surface area contributed by atoms with Crippen molar-refractivity contribution in [1.29, 1.82) is 0 Å². The molecule has 0 atom stereocenters. The number of pyridine rings is 1. The Bertz CT molecular complexity index is 1090. The van der Waals surface area contributed by atoms with Gasteiger partial charge >= 0.3 is 0 Å². The van der Waals surface area contributed by atoms with Crippen molar-refractivity contribution in [3.8, 4) is 23.0 Å². The van der Waals surface area contributed by atoms with Crippen molar-refractivity contribution in [2.45, 2.75) is 26.7 Å². The second kappa shape index (κ2) is 9.24. The monoisotopic (exact) mass is 402 g/mol. The minimum absolute atomic E-state index is 0.0614. The zero-order valence-electron chi connectivity index (χ0n) is 16.6. The molecule has 0 aliphatic carbocycles. The Balaban J connectivity index is 1.33. The molecule has 0 aliphatic rings. The van der Waals surface area contributed by atoms with E-state index in [1.807, 2.05) is 61.5 Å². The molecule has 0 bridgehead atoms. The molecule has 152 valence electrons. The van der Waals surface area contributed by atoms with Gasteiger partial charge in [-0.25, -0.2) is 4.98 Å². The van der Waals surface area contributed by atoms with Crippen LogP contribution in [0.5, 0.6) is 11.5 Å². The van der Waals surface area contributed by atoms with E-state index < -0.39 is 0 Å². The largest absolute Gasteiger partial charge is 0.487 e. The lowest BCUT2D eigenvalue weighted by Crippen LogP contribution is -1.99. The first-order valence-corrected chi connectivity index (χ1v) is 9.62. The summed E-state index contributed by atoms with van der Waals surface area (Å²) in [6.07, 6.45) is 3.24. The first-order chi connectivity index (χ1) is 14.7. The van der Waals surface area contributed by atoms with E-state index in [2.05, 4.69) is 9.97 Å². The van der Waals surface area contributed by atoms with Crippen LogP contribution in [0.4, 0.5) is 0 Å². The third-order valence-electron chi connectivity index (χ3n) is 4.57. The fourth-order valence-electron chi connectivity index (χ4n) is 2.90. The van der Waals surface area contributed by atoms with Crippen molar-refractivity contribution in [3.63, 3.8) is 0 Å². The van der Waals surface area contributed by atoms with E-state index in [0.29, 0.717) is 24.9 Å². The van der Waals surface area contributed by atoms with Crippen molar-refractivity contribution in [3.05, 3.63) is 95.6 Å². The molecule has 4 rings (SSSR count). The molecule has 6 heteroatoms. The summed E-state index contributed by atoms with van der Waals surface area (Å²) in [5.41, 5.74) is 3.43. The van der Waals surface area contributed by atoms with Crippen LogP contribution < -0.4 is 9.47 Å². The summed E-state index contributed by atoms with van der Waals surface area (Å²) in [6.45, 7) is 2.56. The van der Waals surface area contributed by atoms with Gasteiger partial charge in [0, 0.05) is 11.8 Å². The van der Waals surface area contributed by atoms with Gasteiger partial charge in [0.1, 0.15) is 36.2 Å². The number of nitrogens with zero attached hydrogens (tertiary/aromatic N) is 2. The first kappa shape index (κ1) is 19.7. The first-order valence-electron chi connectivity index (χ1n) is 9.62. The van der Waals surface area contributed by atoms with Crippen molar-refractivity contribution >= 4 is 0 Å². The highest BCUT2D eigenvalue weighted by Gasteiger charge is 2.12. The predicted octanol–water partition coefficient (Wildman–Crippen LogP) is 4.70. The molecule has 6 nitrogen and oxygen atoms in total. The fraction of sp³-hybridized carbons (Fsp3) is 0.167. The summed E-state index contributed by atoms with van der Waals surface area (Å²) >= 11 is 0. The summed E-state index contributed by atoms with van der Waals surface area (Å²) in [5, 5.41) is 9.17. The molecule has 0 amide bonds. The standard InChI is InChI=1S/C24H22N2O4/c1-17-23(26-24(30-17)20-5-3-2-4-6-20)16-29-21-9-7-18(8-10-21)15-28-22-11-19(14-27)12-25-13-22/h2-13,27H,14-16H2,1H3. The number of benzene rings is 2. The van der Waals surface area contributed by atoms with E-state index >= 15 is 0 Å². The number of hydrogen-bond donors (Lipinski definition) is 1.